The number of piperidine rings is 1. The van der Waals surface area contributed by atoms with Gasteiger partial charge in [0.2, 0.25) is 10.0 Å². The SMILES string of the molecule is N#CC1(c2ccccc2)CCN(S(=O)(=O)c2cccnc2)CC1. The van der Waals surface area contributed by atoms with Crippen LogP contribution in [-0.2, 0) is 15.4 Å². The normalized spacial score (nSPS) is 18.2. The van der Waals surface area contributed by atoms with Gasteiger partial charge in [0.05, 0.1) is 11.5 Å². The highest BCUT2D eigenvalue weighted by Crippen LogP contribution is 2.36. The molecule has 0 N–H and O–H groups in total. The fourth-order valence-corrected chi connectivity index (χ4v) is 4.39. The van der Waals surface area contributed by atoms with Crippen LogP contribution < -0.4 is 0 Å². The van der Waals surface area contributed by atoms with Crippen LogP contribution >= 0.6 is 0 Å². The van der Waals surface area contributed by atoms with Crippen molar-refractivity contribution in [3.05, 3.63) is 60.4 Å². The second kappa shape index (κ2) is 6.11. The number of nitrogens with zero attached hydrogens (tertiary/aromatic N) is 3. The van der Waals surface area contributed by atoms with Gasteiger partial charge in [0, 0.05) is 25.5 Å². The van der Waals surface area contributed by atoms with E-state index in [4.69, 9.17) is 0 Å². The van der Waals surface area contributed by atoms with Crippen molar-refractivity contribution in [3.8, 4) is 6.07 Å². The second-order valence-corrected chi connectivity index (χ2v) is 7.59. The molecule has 2 heterocycles. The zero-order chi connectivity index (χ0) is 16.3. The summed E-state index contributed by atoms with van der Waals surface area (Å²) in [5.41, 5.74) is 0.350. The number of sulfonamides is 1. The Hall–Kier alpha value is -2.23. The fraction of sp³-hybridized carbons (Fsp3) is 0.294. The molecule has 0 atom stereocenters. The minimum Gasteiger partial charge on any atom is -0.263 e. The topological polar surface area (TPSA) is 74.1 Å². The molecule has 5 nitrogen and oxygen atoms in total. The molecule has 118 valence electrons. The predicted octanol–water partition coefficient (Wildman–Crippen LogP) is 2.33. The Morgan fingerprint density at radius 3 is 2.35 bits per heavy atom. The molecule has 0 bridgehead atoms. The summed E-state index contributed by atoms with van der Waals surface area (Å²) < 4.78 is 26.7. The van der Waals surface area contributed by atoms with E-state index in [9.17, 15) is 13.7 Å². The van der Waals surface area contributed by atoms with Crippen LogP contribution in [0.25, 0.3) is 0 Å². The van der Waals surface area contributed by atoms with Gasteiger partial charge in [0.15, 0.2) is 0 Å². The van der Waals surface area contributed by atoms with Gasteiger partial charge in [-0.05, 0) is 30.5 Å². The molecule has 0 amide bonds. The van der Waals surface area contributed by atoms with Crippen LogP contribution in [0.5, 0.6) is 0 Å². The van der Waals surface area contributed by atoms with Gasteiger partial charge in [-0.15, -0.1) is 0 Å². The molecule has 0 spiro atoms. The maximum absolute atomic E-state index is 12.6. The molecule has 1 aliphatic rings. The number of benzene rings is 1. The summed E-state index contributed by atoms with van der Waals surface area (Å²) in [6.07, 6.45) is 3.89. The van der Waals surface area contributed by atoms with Gasteiger partial charge < -0.3 is 0 Å². The smallest absolute Gasteiger partial charge is 0.244 e. The zero-order valence-electron chi connectivity index (χ0n) is 12.6. The van der Waals surface area contributed by atoms with E-state index < -0.39 is 15.4 Å². The summed E-state index contributed by atoms with van der Waals surface area (Å²) in [4.78, 5) is 4.08. The van der Waals surface area contributed by atoms with Crippen LogP contribution in [0.15, 0.2) is 59.8 Å². The highest BCUT2D eigenvalue weighted by atomic mass is 32.2. The third-order valence-electron chi connectivity index (χ3n) is 4.39. The Morgan fingerprint density at radius 1 is 1.09 bits per heavy atom. The van der Waals surface area contributed by atoms with E-state index in [1.807, 2.05) is 30.3 Å². The lowest BCUT2D eigenvalue weighted by Crippen LogP contribution is -2.44. The summed E-state index contributed by atoms with van der Waals surface area (Å²) in [5.74, 6) is 0. The number of nitriles is 1. The lowest BCUT2D eigenvalue weighted by atomic mass is 9.74. The largest absolute Gasteiger partial charge is 0.263 e. The highest BCUT2D eigenvalue weighted by molar-refractivity contribution is 7.89. The molecule has 23 heavy (non-hydrogen) atoms. The van der Waals surface area contributed by atoms with Crippen LogP contribution in [0.1, 0.15) is 18.4 Å². The summed E-state index contributed by atoms with van der Waals surface area (Å²) in [7, 11) is -3.54. The van der Waals surface area contributed by atoms with Crippen molar-refractivity contribution in [3.63, 3.8) is 0 Å². The molecule has 2 aromatic rings. The molecule has 3 rings (SSSR count). The maximum Gasteiger partial charge on any atom is 0.244 e. The Labute approximate surface area is 136 Å². The summed E-state index contributed by atoms with van der Waals surface area (Å²) in [6, 6.07) is 15.2. The minimum absolute atomic E-state index is 0.198. The first kappa shape index (κ1) is 15.7. The minimum atomic E-state index is -3.54. The highest BCUT2D eigenvalue weighted by Gasteiger charge is 2.40. The number of rotatable bonds is 3. The van der Waals surface area contributed by atoms with Crippen molar-refractivity contribution >= 4 is 10.0 Å². The van der Waals surface area contributed by atoms with Gasteiger partial charge in [-0.2, -0.15) is 9.57 Å². The Bertz CT molecular complexity index is 806. The predicted molar refractivity (Wildman–Crippen MR) is 86.0 cm³/mol. The molecule has 0 aliphatic carbocycles. The van der Waals surface area contributed by atoms with Crippen LogP contribution in [-0.4, -0.2) is 30.8 Å². The maximum atomic E-state index is 12.6. The molecular formula is C17H17N3O2S. The van der Waals surface area contributed by atoms with Crippen molar-refractivity contribution in [1.82, 2.24) is 9.29 Å². The third-order valence-corrected chi connectivity index (χ3v) is 6.27. The Kier molecular flexibility index (Phi) is 4.16. The van der Waals surface area contributed by atoms with Gasteiger partial charge >= 0.3 is 0 Å². The first-order valence-corrected chi connectivity index (χ1v) is 8.89. The standard InChI is InChI=1S/C17H17N3O2S/c18-14-17(15-5-2-1-3-6-15)8-11-20(12-9-17)23(21,22)16-7-4-10-19-13-16/h1-7,10,13H,8-9,11-12H2. The molecule has 1 saturated heterocycles. The van der Waals surface area contributed by atoms with Crippen LogP contribution in [0.2, 0.25) is 0 Å². The summed E-state index contributed by atoms with van der Waals surface area (Å²) in [5, 5.41) is 9.67. The van der Waals surface area contributed by atoms with E-state index in [-0.39, 0.29) is 4.90 Å². The van der Waals surface area contributed by atoms with Crippen molar-refractivity contribution < 1.29 is 8.42 Å². The van der Waals surface area contributed by atoms with E-state index >= 15 is 0 Å². The van der Waals surface area contributed by atoms with Crippen molar-refractivity contribution in [2.75, 3.05) is 13.1 Å². The zero-order valence-corrected chi connectivity index (χ0v) is 13.4. The molecule has 1 fully saturated rings. The van der Waals surface area contributed by atoms with Crippen molar-refractivity contribution in [2.45, 2.75) is 23.2 Å². The van der Waals surface area contributed by atoms with Crippen LogP contribution in [0.4, 0.5) is 0 Å². The first-order valence-electron chi connectivity index (χ1n) is 7.45. The van der Waals surface area contributed by atoms with Gasteiger partial charge in [0.25, 0.3) is 0 Å². The van der Waals surface area contributed by atoms with E-state index in [1.165, 1.54) is 10.5 Å². The van der Waals surface area contributed by atoms with Gasteiger partial charge in [-0.3, -0.25) is 4.98 Å². The Morgan fingerprint density at radius 2 is 1.78 bits per heavy atom. The van der Waals surface area contributed by atoms with Crippen LogP contribution in [0.3, 0.4) is 0 Å². The summed E-state index contributed by atoms with van der Waals surface area (Å²) in [6.45, 7) is 0.666. The average molecular weight is 327 g/mol. The van der Waals surface area contributed by atoms with E-state index in [0.29, 0.717) is 25.9 Å². The second-order valence-electron chi connectivity index (χ2n) is 5.65. The summed E-state index contributed by atoms with van der Waals surface area (Å²) >= 11 is 0. The Balaban J connectivity index is 1.82. The molecule has 1 aromatic carbocycles. The number of hydrogen-bond donors (Lipinski definition) is 0. The number of hydrogen-bond acceptors (Lipinski definition) is 4. The number of aromatic nitrogens is 1. The van der Waals surface area contributed by atoms with Gasteiger partial charge in [-0.25, -0.2) is 8.42 Å². The van der Waals surface area contributed by atoms with Crippen molar-refractivity contribution in [2.24, 2.45) is 0 Å². The van der Waals surface area contributed by atoms with E-state index in [0.717, 1.165) is 5.56 Å². The molecule has 6 heteroatoms. The lowest BCUT2D eigenvalue weighted by Gasteiger charge is -2.36. The van der Waals surface area contributed by atoms with E-state index in [1.54, 1.807) is 18.3 Å². The van der Waals surface area contributed by atoms with Gasteiger partial charge in [0.1, 0.15) is 4.90 Å². The molecule has 1 aliphatic heterocycles. The molecule has 0 radical (unpaired) electrons. The quantitative estimate of drug-likeness (QED) is 0.867. The third kappa shape index (κ3) is 2.85. The monoisotopic (exact) mass is 327 g/mol. The molecule has 0 unspecified atom stereocenters. The van der Waals surface area contributed by atoms with Crippen LogP contribution in [0, 0.1) is 11.3 Å². The molecule has 1 aromatic heterocycles. The lowest BCUT2D eigenvalue weighted by molar-refractivity contribution is 0.277. The first-order chi connectivity index (χ1) is 11.1. The van der Waals surface area contributed by atoms with E-state index in [2.05, 4.69) is 11.1 Å². The average Bonchev–Trinajstić information content (AvgIpc) is 2.63. The van der Waals surface area contributed by atoms with Gasteiger partial charge in [-0.1, -0.05) is 30.3 Å². The fourth-order valence-electron chi connectivity index (χ4n) is 2.98. The van der Waals surface area contributed by atoms with Crippen molar-refractivity contribution in [1.29, 1.82) is 5.26 Å². The number of pyridine rings is 1. The molecule has 0 saturated carbocycles. The molecular weight excluding hydrogens is 310 g/mol.